The molecule has 0 amide bonds. The van der Waals surface area contributed by atoms with Gasteiger partial charge < -0.3 is 9.84 Å². The van der Waals surface area contributed by atoms with Crippen LogP contribution in [0.15, 0.2) is 54.2 Å². The van der Waals surface area contributed by atoms with Crippen LogP contribution in [0.2, 0.25) is 0 Å². The number of fused-ring (bicyclic) bond motifs is 1. The van der Waals surface area contributed by atoms with Crippen molar-refractivity contribution < 1.29 is 14.6 Å². The van der Waals surface area contributed by atoms with Gasteiger partial charge in [-0.05, 0) is 41.2 Å². The van der Waals surface area contributed by atoms with Crippen LogP contribution >= 0.6 is 0 Å². The van der Waals surface area contributed by atoms with Gasteiger partial charge in [0.05, 0.1) is 0 Å². The molecule has 0 saturated carbocycles. The first-order valence-electron chi connectivity index (χ1n) is 8.00. The Kier molecular flexibility index (Phi) is 5.45. The molecule has 126 valence electrons. The highest BCUT2D eigenvalue weighted by Crippen LogP contribution is 2.35. The van der Waals surface area contributed by atoms with Crippen molar-refractivity contribution in [1.82, 2.24) is 0 Å². The predicted octanol–water partition coefficient (Wildman–Crippen LogP) is 4.82. The van der Waals surface area contributed by atoms with E-state index in [2.05, 4.69) is 45.9 Å². The second kappa shape index (κ2) is 7.35. The molecule has 1 heterocycles. The molecular formula is C21H24O3. The van der Waals surface area contributed by atoms with E-state index >= 15 is 0 Å². The zero-order valence-corrected chi connectivity index (χ0v) is 14.7. The lowest BCUT2D eigenvalue weighted by atomic mass is 9.84. The fourth-order valence-electron chi connectivity index (χ4n) is 2.48. The summed E-state index contributed by atoms with van der Waals surface area (Å²) < 4.78 is 5.91. The number of hydrogen-bond acceptors (Lipinski definition) is 2. The second-order valence-corrected chi connectivity index (χ2v) is 6.91. The van der Waals surface area contributed by atoms with Gasteiger partial charge in [-0.15, -0.1) is 0 Å². The zero-order chi connectivity index (χ0) is 17.7. The monoisotopic (exact) mass is 324 g/mol. The number of ether oxygens (including phenoxy) is 1. The Labute approximate surface area is 143 Å². The van der Waals surface area contributed by atoms with E-state index in [-0.39, 0.29) is 5.41 Å². The van der Waals surface area contributed by atoms with Gasteiger partial charge in [-0.3, -0.25) is 0 Å². The Morgan fingerprint density at radius 3 is 2.54 bits per heavy atom. The van der Waals surface area contributed by atoms with E-state index in [9.17, 15) is 4.79 Å². The van der Waals surface area contributed by atoms with Crippen LogP contribution in [0.4, 0.5) is 0 Å². The van der Waals surface area contributed by atoms with E-state index < -0.39 is 5.97 Å². The maximum Gasteiger partial charge on any atom is 0.328 e. The number of rotatable bonds is 4. The number of benzene rings is 1. The van der Waals surface area contributed by atoms with E-state index in [4.69, 9.17) is 9.84 Å². The summed E-state index contributed by atoms with van der Waals surface area (Å²) in [6.07, 6.45) is 12.1. The Balaban J connectivity index is 2.20. The number of carbonyl (C=O) groups is 1. The minimum atomic E-state index is -0.950. The molecule has 0 atom stereocenters. The van der Waals surface area contributed by atoms with Crippen molar-refractivity contribution in [2.45, 2.75) is 33.1 Å². The summed E-state index contributed by atoms with van der Waals surface area (Å²) in [7, 11) is 0. The first-order chi connectivity index (χ1) is 11.3. The standard InChI is InChI=1S/C21H24O3/c1-15-11-18(21(2,3)4)13-17-12-16(14-24-20(15)17)9-7-5-6-8-10-19(22)23/h5-13H,14H2,1-4H3,(H,22,23)/b6-5+,9-7+,10-8+. The lowest BCUT2D eigenvalue weighted by Crippen LogP contribution is -2.14. The van der Waals surface area contributed by atoms with Crippen molar-refractivity contribution in [1.29, 1.82) is 0 Å². The predicted molar refractivity (Wildman–Crippen MR) is 98.4 cm³/mol. The number of aryl methyl sites for hydroxylation is 1. The van der Waals surface area contributed by atoms with E-state index in [1.807, 2.05) is 12.2 Å². The molecule has 0 aliphatic carbocycles. The lowest BCUT2D eigenvalue weighted by Gasteiger charge is -2.24. The van der Waals surface area contributed by atoms with E-state index in [1.165, 1.54) is 11.6 Å². The SMILES string of the molecule is Cc1cc(C(C)(C)C)cc2c1OCC(/C=C/C=C/C=C/C(=O)O)=C2. The van der Waals surface area contributed by atoms with Crippen LogP contribution in [0.5, 0.6) is 5.75 Å². The third-order valence-electron chi connectivity index (χ3n) is 3.78. The van der Waals surface area contributed by atoms with Crippen molar-refractivity contribution in [3.05, 3.63) is 70.9 Å². The van der Waals surface area contributed by atoms with Gasteiger partial charge in [0, 0.05) is 11.6 Å². The third-order valence-corrected chi connectivity index (χ3v) is 3.78. The largest absolute Gasteiger partial charge is 0.488 e. The van der Waals surface area contributed by atoms with E-state index in [1.54, 1.807) is 12.2 Å². The molecule has 2 rings (SSSR count). The van der Waals surface area contributed by atoms with Crippen molar-refractivity contribution in [3.63, 3.8) is 0 Å². The zero-order valence-electron chi connectivity index (χ0n) is 14.7. The topological polar surface area (TPSA) is 46.5 Å². The summed E-state index contributed by atoms with van der Waals surface area (Å²) in [6.45, 7) is 9.24. The molecule has 1 N–H and O–H groups in total. The van der Waals surface area contributed by atoms with Crippen molar-refractivity contribution in [3.8, 4) is 5.75 Å². The van der Waals surface area contributed by atoms with Gasteiger partial charge >= 0.3 is 5.97 Å². The van der Waals surface area contributed by atoms with Crippen LogP contribution in [-0.4, -0.2) is 17.7 Å². The van der Waals surface area contributed by atoms with Crippen molar-refractivity contribution in [2.24, 2.45) is 0 Å². The first-order valence-corrected chi connectivity index (χ1v) is 8.00. The van der Waals surface area contributed by atoms with Gasteiger partial charge in [0.1, 0.15) is 12.4 Å². The van der Waals surface area contributed by atoms with Crippen LogP contribution in [0.25, 0.3) is 6.08 Å². The van der Waals surface area contributed by atoms with Gasteiger partial charge in [0.15, 0.2) is 0 Å². The Morgan fingerprint density at radius 2 is 1.88 bits per heavy atom. The van der Waals surface area contributed by atoms with Crippen LogP contribution < -0.4 is 4.74 Å². The van der Waals surface area contributed by atoms with E-state index in [0.29, 0.717) is 6.61 Å². The molecule has 0 fully saturated rings. The highest BCUT2D eigenvalue weighted by atomic mass is 16.5. The Hall–Kier alpha value is -2.55. The van der Waals surface area contributed by atoms with Gasteiger partial charge in [0.25, 0.3) is 0 Å². The molecule has 0 spiro atoms. The summed E-state index contributed by atoms with van der Waals surface area (Å²) in [5, 5.41) is 8.50. The molecule has 1 aliphatic rings. The number of carboxylic acid groups (broad SMARTS) is 1. The Bertz CT molecular complexity index is 741. The molecule has 1 aromatic rings. The van der Waals surface area contributed by atoms with Crippen molar-refractivity contribution >= 4 is 12.0 Å². The highest BCUT2D eigenvalue weighted by Gasteiger charge is 2.19. The molecule has 3 nitrogen and oxygen atoms in total. The van der Waals surface area contributed by atoms with Crippen LogP contribution in [0, 0.1) is 6.92 Å². The summed E-state index contributed by atoms with van der Waals surface area (Å²) in [5.74, 6) is 0.00808. The highest BCUT2D eigenvalue weighted by molar-refractivity contribution is 5.80. The van der Waals surface area contributed by atoms with Gasteiger partial charge in [-0.1, -0.05) is 57.2 Å². The number of carboxylic acids is 1. The number of aliphatic carboxylic acids is 1. The fraction of sp³-hybridized carbons (Fsp3) is 0.286. The summed E-state index contributed by atoms with van der Waals surface area (Å²) in [4.78, 5) is 10.4. The fourth-order valence-corrected chi connectivity index (χ4v) is 2.48. The average molecular weight is 324 g/mol. The Morgan fingerprint density at radius 1 is 1.17 bits per heavy atom. The summed E-state index contributed by atoms with van der Waals surface area (Å²) >= 11 is 0. The normalized spacial score (nSPS) is 14.9. The van der Waals surface area contributed by atoms with Crippen molar-refractivity contribution in [2.75, 3.05) is 6.61 Å². The number of hydrogen-bond donors (Lipinski definition) is 1. The minimum absolute atomic E-state index is 0.0975. The number of allylic oxidation sites excluding steroid dienone is 4. The molecule has 0 bridgehead atoms. The second-order valence-electron chi connectivity index (χ2n) is 6.91. The maximum absolute atomic E-state index is 10.4. The smallest absolute Gasteiger partial charge is 0.328 e. The lowest BCUT2D eigenvalue weighted by molar-refractivity contribution is -0.131. The third kappa shape index (κ3) is 4.72. The molecule has 0 aromatic heterocycles. The van der Waals surface area contributed by atoms with Gasteiger partial charge in [0.2, 0.25) is 0 Å². The van der Waals surface area contributed by atoms with Crippen LogP contribution in [-0.2, 0) is 10.2 Å². The molecule has 0 saturated heterocycles. The molecule has 0 unspecified atom stereocenters. The summed E-state index contributed by atoms with van der Waals surface area (Å²) in [5.41, 5.74) is 4.75. The maximum atomic E-state index is 10.4. The average Bonchev–Trinajstić information content (AvgIpc) is 2.49. The van der Waals surface area contributed by atoms with Crippen LogP contribution in [0.1, 0.15) is 37.5 Å². The van der Waals surface area contributed by atoms with Gasteiger partial charge in [-0.25, -0.2) is 4.79 Å². The van der Waals surface area contributed by atoms with Gasteiger partial charge in [-0.2, -0.15) is 0 Å². The molecule has 0 radical (unpaired) electrons. The van der Waals surface area contributed by atoms with Crippen LogP contribution in [0.3, 0.4) is 0 Å². The van der Waals surface area contributed by atoms with E-state index in [0.717, 1.165) is 28.5 Å². The quantitative estimate of drug-likeness (QED) is 0.638. The molecular weight excluding hydrogens is 300 g/mol. The molecule has 24 heavy (non-hydrogen) atoms. The molecule has 3 heteroatoms. The first kappa shape index (κ1) is 17.8. The minimum Gasteiger partial charge on any atom is -0.488 e. The molecule has 1 aromatic carbocycles. The molecule has 1 aliphatic heterocycles. The summed E-state index contributed by atoms with van der Waals surface area (Å²) in [6, 6.07) is 4.39.